The van der Waals surface area contributed by atoms with E-state index in [0.717, 1.165) is 10.0 Å². The van der Waals surface area contributed by atoms with Gasteiger partial charge in [-0.25, -0.2) is 4.68 Å². The Labute approximate surface area is 128 Å². The van der Waals surface area contributed by atoms with Crippen LogP contribution in [0.15, 0.2) is 22.7 Å². The second-order valence-corrected chi connectivity index (χ2v) is 5.67. The molecule has 0 amide bonds. The van der Waals surface area contributed by atoms with Crippen molar-refractivity contribution in [3.8, 4) is 11.4 Å². The number of nitrogens with zero attached hydrogens (tertiary/aromatic N) is 4. The maximum Gasteiger partial charge on any atom is 0.306 e. The fraction of sp³-hybridized carbons (Fsp3) is 0.333. The second kappa shape index (κ2) is 6.32. The highest BCUT2D eigenvalue weighted by molar-refractivity contribution is 9.10. The third-order valence-corrected chi connectivity index (χ3v) is 3.82. The number of benzene rings is 1. The zero-order chi connectivity index (χ0) is 14.7. The predicted octanol–water partition coefficient (Wildman–Crippen LogP) is 2.87. The number of rotatable bonds is 5. The first kappa shape index (κ1) is 14.9. The molecular weight excluding hydrogens is 348 g/mol. The normalized spacial score (nSPS) is 12.3. The van der Waals surface area contributed by atoms with Crippen molar-refractivity contribution >= 4 is 33.5 Å². The average Bonchev–Trinajstić information content (AvgIpc) is 2.86. The van der Waals surface area contributed by atoms with E-state index >= 15 is 0 Å². The van der Waals surface area contributed by atoms with E-state index < -0.39 is 11.9 Å². The maximum absolute atomic E-state index is 10.8. The van der Waals surface area contributed by atoms with Crippen LogP contribution in [0.1, 0.15) is 13.3 Å². The molecule has 1 aromatic heterocycles. The van der Waals surface area contributed by atoms with E-state index in [2.05, 4.69) is 31.5 Å². The third kappa shape index (κ3) is 3.34. The molecule has 0 radical (unpaired) electrons. The van der Waals surface area contributed by atoms with E-state index in [9.17, 15) is 4.79 Å². The Morgan fingerprint density at radius 1 is 1.55 bits per heavy atom. The smallest absolute Gasteiger partial charge is 0.306 e. The number of aromatic nitrogens is 4. The van der Waals surface area contributed by atoms with Gasteiger partial charge in [-0.3, -0.25) is 4.79 Å². The summed E-state index contributed by atoms with van der Waals surface area (Å²) in [5.41, 5.74) is 0.769. The molecule has 0 saturated heterocycles. The molecule has 0 fully saturated rings. The van der Waals surface area contributed by atoms with Gasteiger partial charge in [0.1, 0.15) is 0 Å². The SMILES string of the molecule is CC(CCn1nnnc1-c1cc(Cl)ccc1Br)C(=O)O. The number of halogens is 2. The number of carboxylic acid groups (broad SMARTS) is 1. The van der Waals surface area contributed by atoms with Crippen LogP contribution in [0.4, 0.5) is 0 Å². The van der Waals surface area contributed by atoms with Crippen molar-refractivity contribution in [2.45, 2.75) is 19.9 Å². The molecule has 20 heavy (non-hydrogen) atoms. The number of carboxylic acids is 1. The van der Waals surface area contributed by atoms with Crippen molar-refractivity contribution in [3.05, 3.63) is 27.7 Å². The lowest BCUT2D eigenvalue weighted by Gasteiger charge is -2.08. The highest BCUT2D eigenvalue weighted by Crippen LogP contribution is 2.29. The molecule has 8 heteroatoms. The van der Waals surface area contributed by atoms with Crippen molar-refractivity contribution in [3.63, 3.8) is 0 Å². The van der Waals surface area contributed by atoms with Crippen LogP contribution in [-0.2, 0) is 11.3 Å². The molecule has 0 saturated carbocycles. The van der Waals surface area contributed by atoms with Crippen molar-refractivity contribution in [1.82, 2.24) is 20.2 Å². The summed E-state index contributed by atoms with van der Waals surface area (Å²) in [6.45, 7) is 2.08. The Morgan fingerprint density at radius 2 is 2.30 bits per heavy atom. The van der Waals surface area contributed by atoms with Gasteiger partial charge < -0.3 is 5.11 Å². The second-order valence-electron chi connectivity index (χ2n) is 4.38. The number of hydrogen-bond donors (Lipinski definition) is 1. The zero-order valence-corrected chi connectivity index (χ0v) is 13.0. The molecule has 0 bridgehead atoms. The Hall–Kier alpha value is -1.47. The molecule has 0 aliphatic heterocycles. The third-order valence-electron chi connectivity index (χ3n) is 2.90. The Morgan fingerprint density at radius 3 is 3.00 bits per heavy atom. The molecule has 6 nitrogen and oxygen atoms in total. The molecule has 1 atom stereocenters. The summed E-state index contributed by atoms with van der Waals surface area (Å²) >= 11 is 9.41. The first-order chi connectivity index (χ1) is 9.49. The van der Waals surface area contributed by atoms with Gasteiger partial charge in [-0.15, -0.1) is 5.10 Å². The summed E-state index contributed by atoms with van der Waals surface area (Å²) in [6, 6.07) is 5.33. The minimum absolute atomic E-state index is 0.425. The number of aliphatic carboxylic acids is 1. The van der Waals surface area contributed by atoms with Gasteiger partial charge in [0.15, 0.2) is 5.82 Å². The fourth-order valence-corrected chi connectivity index (χ4v) is 2.25. The monoisotopic (exact) mass is 358 g/mol. The van der Waals surface area contributed by atoms with Crippen molar-refractivity contribution < 1.29 is 9.90 Å². The van der Waals surface area contributed by atoms with Crippen LogP contribution in [0.25, 0.3) is 11.4 Å². The van der Waals surface area contributed by atoms with Crippen molar-refractivity contribution in [2.24, 2.45) is 5.92 Å². The molecule has 2 aromatic rings. The lowest BCUT2D eigenvalue weighted by atomic mass is 10.1. The van der Waals surface area contributed by atoms with Gasteiger partial charge in [0.2, 0.25) is 0 Å². The first-order valence-corrected chi connectivity index (χ1v) is 7.10. The molecule has 1 aromatic carbocycles. The topological polar surface area (TPSA) is 80.9 Å². The number of tetrazole rings is 1. The average molecular weight is 360 g/mol. The largest absolute Gasteiger partial charge is 0.481 e. The van der Waals surface area contributed by atoms with E-state index in [0.29, 0.717) is 23.8 Å². The standard InChI is InChI=1S/C12H12BrClN4O2/c1-7(12(19)20)4-5-18-11(15-16-17-18)9-6-8(14)2-3-10(9)13/h2-3,6-7H,4-5H2,1H3,(H,19,20). The summed E-state index contributed by atoms with van der Waals surface area (Å²) in [5, 5.41) is 21.0. The summed E-state index contributed by atoms with van der Waals surface area (Å²) in [6.07, 6.45) is 0.450. The molecule has 1 unspecified atom stereocenters. The summed E-state index contributed by atoms with van der Waals surface area (Å²) in [7, 11) is 0. The van der Waals surface area contributed by atoms with Crippen LogP contribution in [-0.4, -0.2) is 31.3 Å². The van der Waals surface area contributed by atoms with Crippen LogP contribution < -0.4 is 0 Å². The molecular formula is C12H12BrClN4O2. The number of hydrogen-bond acceptors (Lipinski definition) is 4. The molecule has 1 heterocycles. The predicted molar refractivity (Wildman–Crippen MR) is 77.4 cm³/mol. The van der Waals surface area contributed by atoms with E-state index in [-0.39, 0.29) is 0 Å². The highest BCUT2D eigenvalue weighted by Gasteiger charge is 2.16. The van der Waals surface area contributed by atoms with Gasteiger partial charge >= 0.3 is 5.97 Å². The quantitative estimate of drug-likeness (QED) is 0.888. The van der Waals surface area contributed by atoms with E-state index in [1.54, 1.807) is 23.7 Å². The van der Waals surface area contributed by atoms with Crippen LogP contribution in [0.2, 0.25) is 5.02 Å². The van der Waals surface area contributed by atoms with Crippen LogP contribution in [0.5, 0.6) is 0 Å². The zero-order valence-electron chi connectivity index (χ0n) is 10.6. The summed E-state index contributed by atoms with van der Waals surface area (Å²) < 4.78 is 2.40. The van der Waals surface area contributed by atoms with Gasteiger partial charge in [0.25, 0.3) is 0 Å². The van der Waals surface area contributed by atoms with E-state index in [1.165, 1.54) is 0 Å². The summed E-state index contributed by atoms with van der Waals surface area (Å²) in [5.74, 6) is -0.727. The molecule has 106 valence electrons. The fourth-order valence-electron chi connectivity index (χ4n) is 1.66. The van der Waals surface area contributed by atoms with Crippen molar-refractivity contribution in [2.75, 3.05) is 0 Å². The van der Waals surface area contributed by atoms with Gasteiger partial charge in [0.05, 0.1) is 5.92 Å². The summed E-state index contributed by atoms with van der Waals surface area (Å²) in [4.78, 5) is 10.8. The van der Waals surface area contributed by atoms with Crippen molar-refractivity contribution in [1.29, 1.82) is 0 Å². The van der Waals surface area contributed by atoms with Gasteiger partial charge in [0, 0.05) is 21.6 Å². The molecule has 0 spiro atoms. The maximum atomic E-state index is 10.8. The minimum Gasteiger partial charge on any atom is -0.481 e. The molecule has 0 aliphatic carbocycles. The lowest BCUT2D eigenvalue weighted by molar-refractivity contribution is -0.141. The van der Waals surface area contributed by atoms with E-state index in [1.807, 2.05) is 6.07 Å². The molecule has 2 rings (SSSR count). The highest BCUT2D eigenvalue weighted by atomic mass is 79.9. The van der Waals surface area contributed by atoms with Gasteiger partial charge in [-0.05, 0) is 35.0 Å². The van der Waals surface area contributed by atoms with Crippen LogP contribution in [0.3, 0.4) is 0 Å². The first-order valence-electron chi connectivity index (χ1n) is 5.93. The molecule has 0 aliphatic rings. The Balaban J connectivity index is 2.24. The van der Waals surface area contributed by atoms with Crippen LogP contribution in [0, 0.1) is 5.92 Å². The van der Waals surface area contributed by atoms with E-state index in [4.69, 9.17) is 16.7 Å². The van der Waals surface area contributed by atoms with Gasteiger partial charge in [-0.2, -0.15) is 0 Å². The Bertz CT molecular complexity index is 632. The molecule has 1 N–H and O–H groups in total. The lowest BCUT2D eigenvalue weighted by Crippen LogP contribution is -2.14. The Kier molecular flexibility index (Phi) is 4.72. The van der Waals surface area contributed by atoms with Gasteiger partial charge in [-0.1, -0.05) is 34.5 Å². The number of aryl methyl sites for hydroxylation is 1. The number of carbonyl (C=O) groups is 1. The van der Waals surface area contributed by atoms with Crippen LogP contribution >= 0.6 is 27.5 Å². The minimum atomic E-state index is -0.830.